The van der Waals surface area contributed by atoms with Gasteiger partial charge in [-0.05, 0) is 32.1 Å². The van der Waals surface area contributed by atoms with Crippen LogP contribution in [0.1, 0.15) is 17.9 Å². The summed E-state index contributed by atoms with van der Waals surface area (Å²) < 4.78 is 6.04. The molecule has 154 valence electrons. The van der Waals surface area contributed by atoms with E-state index >= 15 is 0 Å². The molecular weight excluding hydrogens is 417 g/mol. The molecule has 6 nitrogen and oxygen atoms in total. The van der Waals surface area contributed by atoms with Gasteiger partial charge >= 0.3 is 0 Å². The Bertz CT molecular complexity index is 1110. The van der Waals surface area contributed by atoms with Crippen LogP contribution in [-0.2, 0) is 0 Å². The number of phenolic OH excluding ortho intramolecular Hbond substituents is 2. The molecule has 0 bridgehead atoms. The molecular formula is C21H21Cl2NO5. The summed E-state index contributed by atoms with van der Waals surface area (Å²) in [5.74, 6) is -0.505. The molecule has 0 spiro atoms. The number of benzene rings is 2. The summed E-state index contributed by atoms with van der Waals surface area (Å²) in [6.45, 7) is 0.629. The van der Waals surface area contributed by atoms with E-state index in [1.165, 1.54) is 6.07 Å². The van der Waals surface area contributed by atoms with Crippen LogP contribution in [0.25, 0.3) is 22.3 Å². The lowest BCUT2D eigenvalue weighted by molar-refractivity contribution is 0.172. The maximum atomic E-state index is 12.8. The molecule has 2 aromatic carbocycles. The highest BCUT2D eigenvalue weighted by Crippen LogP contribution is 2.44. The average molecular weight is 438 g/mol. The number of halogens is 2. The topological polar surface area (TPSA) is 94.1 Å². The molecule has 1 aromatic heterocycles. The van der Waals surface area contributed by atoms with Gasteiger partial charge in [0.2, 0.25) is 0 Å². The van der Waals surface area contributed by atoms with Gasteiger partial charge in [-0.25, -0.2) is 0 Å². The Morgan fingerprint density at radius 1 is 1.21 bits per heavy atom. The van der Waals surface area contributed by atoms with Crippen LogP contribution in [0.4, 0.5) is 0 Å². The van der Waals surface area contributed by atoms with E-state index in [1.54, 1.807) is 24.3 Å². The number of aliphatic hydroxyl groups excluding tert-OH is 1. The molecule has 29 heavy (non-hydrogen) atoms. The van der Waals surface area contributed by atoms with Crippen molar-refractivity contribution < 1.29 is 19.7 Å². The van der Waals surface area contributed by atoms with E-state index in [2.05, 4.69) is 0 Å². The Labute approximate surface area is 178 Å². The van der Waals surface area contributed by atoms with Crippen LogP contribution < -0.4 is 5.43 Å². The lowest BCUT2D eigenvalue weighted by Crippen LogP contribution is -2.32. The standard InChI is InChI=1S/C21H20ClNO5.ClH/c1-23-7-6-12(14(23)10-24)19-15(25)8-16(26)20-17(27)9-18(28-21(19)20)11-4-2-3-5-13(11)22;/h2-5,8-9,12,14,24-26H,6-7,10H2,1H3;1H. The predicted molar refractivity (Wildman–Crippen MR) is 114 cm³/mol. The second-order valence-corrected chi connectivity index (χ2v) is 7.52. The Hall–Kier alpha value is -2.25. The molecule has 1 fully saturated rings. The van der Waals surface area contributed by atoms with Gasteiger partial charge in [0.1, 0.15) is 28.2 Å². The summed E-state index contributed by atoms with van der Waals surface area (Å²) in [6, 6.07) is 9.19. The van der Waals surface area contributed by atoms with Crippen LogP contribution in [-0.4, -0.2) is 46.5 Å². The monoisotopic (exact) mass is 437 g/mol. The number of aromatic hydroxyl groups is 2. The van der Waals surface area contributed by atoms with E-state index in [0.29, 0.717) is 22.6 Å². The SMILES string of the molecule is CN1CCC(c2c(O)cc(O)c3c(=O)cc(-c4ccccc4Cl)oc23)C1CO.Cl. The van der Waals surface area contributed by atoms with Crippen LogP contribution in [0, 0.1) is 0 Å². The van der Waals surface area contributed by atoms with Crippen molar-refractivity contribution in [3.63, 3.8) is 0 Å². The molecule has 0 radical (unpaired) electrons. The van der Waals surface area contributed by atoms with Crippen molar-refractivity contribution in [3.8, 4) is 22.8 Å². The van der Waals surface area contributed by atoms with Crippen molar-refractivity contribution in [2.24, 2.45) is 0 Å². The van der Waals surface area contributed by atoms with Gasteiger partial charge in [-0.3, -0.25) is 4.79 Å². The summed E-state index contributed by atoms with van der Waals surface area (Å²) in [4.78, 5) is 14.8. The van der Waals surface area contributed by atoms with Crippen LogP contribution in [0.3, 0.4) is 0 Å². The Morgan fingerprint density at radius 3 is 2.62 bits per heavy atom. The quantitative estimate of drug-likeness (QED) is 0.577. The van der Waals surface area contributed by atoms with Crippen molar-refractivity contribution in [1.82, 2.24) is 4.90 Å². The van der Waals surface area contributed by atoms with Gasteiger partial charge in [-0.1, -0.05) is 23.7 Å². The molecule has 2 heterocycles. The first-order valence-electron chi connectivity index (χ1n) is 9.01. The highest BCUT2D eigenvalue weighted by atomic mass is 35.5. The van der Waals surface area contributed by atoms with Crippen molar-refractivity contribution in [2.75, 3.05) is 20.2 Å². The van der Waals surface area contributed by atoms with Crippen molar-refractivity contribution in [2.45, 2.75) is 18.4 Å². The third kappa shape index (κ3) is 3.57. The van der Waals surface area contributed by atoms with Gasteiger partial charge in [0.25, 0.3) is 0 Å². The molecule has 2 atom stereocenters. The first kappa shape index (κ1) is 21.5. The van der Waals surface area contributed by atoms with E-state index in [0.717, 1.165) is 12.6 Å². The highest BCUT2D eigenvalue weighted by Gasteiger charge is 2.36. The van der Waals surface area contributed by atoms with Crippen molar-refractivity contribution in [3.05, 3.63) is 57.2 Å². The zero-order valence-corrected chi connectivity index (χ0v) is 17.2. The molecule has 3 N–H and O–H groups in total. The van der Waals surface area contributed by atoms with Crippen molar-refractivity contribution >= 4 is 35.0 Å². The fraction of sp³-hybridized carbons (Fsp3) is 0.286. The van der Waals surface area contributed by atoms with E-state index < -0.39 is 5.43 Å². The molecule has 4 rings (SSSR count). The van der Waals surface area contributed by atoms with Crippen LogP contribution in [0.15, 0.2) is 45.6 Å². The Morgan fingerprint density at radius 2 is 1.93 bits per heavy atom. The molecule has 0 aliphatic carbocycles. The number of fused-ring (bicyclic) bond motifs is 1. The van der Waals surface area contributed by atoms with E-state index in [9.17, 15) is 20.1 Å². The van der Waals surface area contributed by atoms with Crippen LogP contribution in [0.2, 0.25) is 5.02 Å². The number of aliphatic hydroxyl groups is 1. The number of rotatable bonds is 3. The highest BCUT2D eigenvalue weighted by molar-refractivity contribution is 6.33. The summed E-state index contributed by atoms with van der Waals surface area (Å²) in [5.41, 5.74) is 0.655. The smallest absolute Gasteiger partial charge is 0.197 e. The van der Waals surface area contributed by atoms with Gasteiger partial charge in [0, 0.05) is 35.2 Å². The number of likely N-dealkylation sites (tertiary alicyclic amines) is 1. The molecule has 3 aromatic rings. The average Bonchev–Trinajstić information content (AvgIpc) is 3.01. The minimum Gasteiger partial charge on any atom is -0.507 e. The molecule has 1 aliphatic heterocycles. The summed E-state index contributed by atoms with van der Waals surface area (Å²) >= 11 is 6.26. The summed E-state index contributed by atoms with van der Waals surface area (Å²) in [6.07, 6.45) is 0.676. The van der Waals surface area contributed by atoms with E-state index in [1.807, 2.05) is 11.9 Å². The predicted octanol–water partition coefficient (Wildman–Crippen LogP) is 3.73. The molecule has 8 heteroatoms. The molecule has 1 aliphatic rings. The second kappa shape index (κ2) is 8.24. The summed E-state index contributed by atoms with van der Waals surface area (Å²) in [7, 11) is 1.89. The van der Waals surface area contributed by atoms with Gasteiger partial charge < -0.3 is 24.6 Å². The number of phenols is 2. The Kier molecular flexibility index (Phi) is 6.10. The minimum atomic E-state index is -0.429. The second-order valence-electron chi connectivity index (χ2n) is 7.11. The Balaban J connectivity index is 0.00000240. The molecule has 1 saturated heterocycles. The van der Waals surface area contributed by atoms with Gasteiger partial charge in [-0.15, -0.1) is 12.4 Å². The minimum absolute atomic E-state index is 0. The van der Waals surface area contributed by atoms with Gasteiger partial charge in [-0.2, -0.15) is 0 Å². The van der Waals surface area contributed by atoms with E-state index in [4.69, 9.17) is 16.0 Å². The lowest BCUT2D eigenvalue weighted by atomic mass is 9.89. The molecule has 2 unspecified atom stereocenters. The maximum absolute atomic E-state index is 12.8. The first-order chi connectivity index (χ1) is 13.4. The number of hydrogen-bond acceptors (Lipinski definition) is 6. The number of nitrogens with zero attached hydrogens (tertiary/aromatic N) is 1. The molecule has 0 amide bonds. The normalized spacial score (nSPS) is 19.4. The van der Waals surface area contributed by atoms with Crippen LogP contribution in [0.5, 0.6) is 11.5 Å². The number of likely N-dealkylation sites (N-methyl/N-ethyl adjacent to an activating group) is 1. The third-order valence-corrected chi connectivity index (χ3v) is 5.85. The van der Waals surface area contributed by atoms with E-state index in [-0.39, 0.29) is 59.2 Å². The fourth-order valence-electron chi connectivity index (χ4n) is 4.09. The largest absolute Gasteiger partial charge is 0.507 e. The van der Waals surface area contributed by atoms with Gasteiger partial charge in [0.15, 0.2) is 5.43 Å². The first-order valence-corrected chi connectivity index (χ1v) is 9.38. The van der Waals surface area contributed by atoms with Gasteiger partial charge in [0.05, 0.1) is 11.6 Å². The molecule has 0 saturated carbocycles. The van der Waals surface area contributed by atoms with Crippen molar-refractivity contribution in [1.29, 1.82) is 0 Å². The van der Waals surface area contributed by atoms with Crippen LogP contribution >= 0.6 is 24.0 Å². The zero-order valence-electron chi connectivity index (χ0n) is 15.6. The third-order valence-electron chi connectivity index (χ3n) is 5.52. The number of hydrogen-bond donors (Lipinski definition) is 3. The zero-order chi connectivity index (χ0) is 20.0. The summed E-state index contributed by atoms with van der Waals surface area (Å²) in [5, 5.41) is 31.2. The lowest BCUT2D eigenvalue weighted by Gasteiger charge is -2.24. The maximum Gasteiger partial charge on any atom is 0.197 e. The fourth-order valence-corrected chi connectivity index (χ4v) is 4.31.